The van der Waals surface area contributed by atoms with Crippen molar-refractivity contribution in [2.45, 2.75) is 33.2 Å². The van der Waals surface area contributed by atoms with Gasteiger partial charge in [-0.15, -0.1) is 0 Å². The van der Waals surface area contributed by atoms with Gasteiger partial charge in [0.2, 0.25) is 0 Å². The first kappa shape index (κ1) is 16.5. The van der Waals surface area contributed by atoms with Crippen LogP contribution in [0.15, 0.2) is 24.3 Å². The van der Waals surface area contributed by atoms with Gasteiger partial charge in [-0.25, -0.2) is 0 Å². The van der Waals surface area contributed by atoms with Gasteiger partial charge in [-0.1, -0.05) is 32.0 Å². The first-order valence-corrected chi connectivity index (χ1v) is 7.20. The molecule has 0 bridgehead atoms. The third-order valence-corrected chi connectivity index (χ3v) is 3.22. The molecule has 20 heavy (non-hydrogen) atoms. The highest BCUT2D eigenvalue weighted by molar-refractivity contribution is 5.77. The summed E-state index contributed by atoms with van der Waals surface area (Å²) in [5.41, 5.74) is 1.06. The van der Waals surface area contributed by atoms with Crippen LogP contribution in [-0.2, 0) is 4.79 Å². The number of hydrogen-bond donors (Lipinski definition) is 2. The third kappa shape index (κ3) is 5.61. The average molecular weight is 278 g/mol. The zero-order chi connectivity index (χ0) is 15.0. The van der Waals surface area contributed by atoms with E-state index in [4.69, 9.17) is 4.74 Å². The largest absolute Gasteiger partial charge is 0.483 e. The van der Waals surface area contributed by atoms with Crippen LogP contribution < -0.4 is 15.4 Å². The fourth-order valence-electron chi connectivity index (χ4n) is 1.82. The Morgan fingerprint density at radius 1 is 1.25 bits per heavy atom. The number of amides is 1. The zero-order valence-electron chi connectivity index (χ0n) is 12.9. The molecule has 1 aromatic rings. The van der Waals surface area contributed by atoms with Crippen molar-refractivity contribution in [2.24, 2.45) is 5.92 Å². The van der Waals surface area contributed by atoms with E-state index in [1.165, 1.54) is 0 Å². The van der Waals surface area contributed by atoms with Crippen LogP contribution in [0.25, 0.3) is 0 Å². The van der Waals surface area contributed by atoms with Crippen molar-refractivity contribution in [3.05, 3.63) is 29.8 Å². The summed E-state index contributed by atoms with van der Waals surface area (Å²) in [4.78, 5) is 11.7. The van der Waals surface area contributed by atoms with Gasteiger partial charge in [0, 0.05) is 18.2 Å². The van der Waals surface area contributed by atoms with E-state index in [1.54, 1.807) is 0 Å². The van der Waals surface area contributed by atoms with Crippen LogP contribution >= 0.6 is 0 Å². The van der Waals surface area contributed by atoms with Crippen molar-refractivity contribution < 1.29 is 9.53 Å². The van der Waals surface area contributed by atoms with E-state index >= 15 is 0 Å². The maximum absolute atomic E-state index is 11.7. The van der Waals surface area contributed by atoms with Gasteiger partial charge in [-0.3, -0.25) is 4.79 Å². The topological polar surface area (TPSA) is 50.4 Å². The molecule has 1 aromatic carbocycles. The number of carbonyl (C=O) groups excluding carboxylic acids is 1. The van der Waals surface area contributed by atoms with Crippen LogP contribution in [0.1, 0.15) is 38.8 Å². The molecule has 1 atom stereocenters. The first-order chi connectivity index (χ1) is 9.54. The first-order valence-electron chi connectivity index (χ1n) is 7.20. The fraction of sp³-hybridized carbons (Fsp3) is 0.562. The Labute approximate surface area is 121 Å². The van der Waals surface area contributed by atoms with Crippen molar-refractivity contribution in [1.82, 2.24) is 10.6 Å². The number of rotatable bonds is 8. The van der Waals surface area contributed by atoms with Crippen LogP contribution in [-0.4, -0.2) is 26.1 Å². The number of nitrogens with one attached hydrogen (secondary N) is 2. The maximum atomic E-state index is 11.7. The van der Waals surface area contributed by atoms with Crippen molar-refractivity contribution in [1.29, 1.82) is 0 Å². The summed E-state index contributed by atoms with van der Waals surface area (Å²) in [7, 11) is 1.90. The summed E-state index contributed by atoms with van der Waals surface area (Å²) in [5, 5.41) is 6.04. The molecule has 0 aliphatic carbocycles. The molecule has 0 radical (unpaired) electrons. The lowest BCUT2D eigenvalue weighted by atomic mass is 10.1. The smallest absolute Gasteiger partial charge is 0.257 e. The van der Waals surface area contributed by atoms with Crippen molar-refractivity contribution in [3.63, 3.8) is 0 Å². The molecule has 0 aromatic heterocycles. The molecule has 0 spiro atoms. The molecule has 1 amide bonds. The van der Waals surface area contributed by atoms with Crippen molar-refractivity contribution in [3.8, 4) is 5.75 Å². The molecule has 0 saturated carbocycles. The molecule has 112 valence electrons. The van der Waals surface area contributed by atoms with Crippen LogP contribution in [0.5, 0.6) is 5.75 Å². The molecule has 0 aliphatic rings. The highest BCUT2D eigenvalue weighted by Crippen LogP contribution is 2.24. The summed E-state index contributed by atoms with van der Waals surface area (Å²) in [6, 6.07) is 7.98. The Morgan fingerprint density at radius 3 is 2.60 bits per heavy atom. The minimum atomic E-state index is -0.0717. The van der Waals surface area contributed by atoms with Gasteiger partial charge in [-0.05, 0) is 32.4 Å². The quantitative estimate of drug-likeness (QED) is 0.768. The van der Waals surface area contributed by atoms with Gasteiger partial charge >= 0.3 is 0 Å². The number of hydrogen-bond acceptors (Lipinski definition) is 3. The second-order valence-electron chi connectivity index (χ2n) is 5.37. The van der Waals surface area contributed by atoms with E-state index in [2.05, 4.69) is 31.4 Å². The molecular formula is C16H26N2O2. The monoisotopic (exact) mass is 278 g/mol. The minimum Gasteiger partial charge on any atom is -0.483 e. The molecular weight excluding hydrogens is 252 g/mol. The summed E-state index contributed by atoms with van der Waals surface area (Å²) in [6.45, 7) is 7.10. The summed E-state index contributed by atoms with van der Waals surface area (Å²) >= 11 is 0. The highest BCUT2D eigenvalue weighted by Gasteiger charge is 2.10. The van der Waals surface area contributed by atoms with Crippen LogP contribution in [0, 0.1) is 5.92 Å². The lowest BCUT2D eigenvalue weighted by molar-refractivity contribution is -0.123. The molecule has 2 N–H and O–H groups in total. The van der Waals surface area contributed by atoms with Crippen LogP contribution in [0.2, 0.25) is 0 Å². The Bertz CT molecular complexity index is 419. The van der Waals surface area contributed by atoms with Crippen LogP contribution in [0.3, 0.4) is 0 Å². The van der Waals surface area contributed by atoms with Gasteiger partial charge in [0.15, 0.2) is 6.61 Å². The molecule has 1 rings (SSSR count). The summed E-state index contributed by atoms with van der Waals surface area (Å²) in [5.74, 6) is 1.28. The van der Waals surface area contributed by atoms with E-state index in [-0.39, 0.29) is 18.6 Å². The predicted octanol–water partition coefficient (Wildman–Crippen LogP) is 2.51. The number of para-hydroxylation sites is 1. The number of benzene rings is 1. The number of carbonyl (C=O) groups is 1. The Balaban J connectivity index is 2.47. The number of ether oxygens (including phenoxy) is 1. The molecule has 0 fully saturated rings. The lowest BCUT2D eigenvalue weighted by Gasteiger charge is -2.16. The Hall–Kier alpha value is -1.55. The third-order valence-electron chi connectivity index (χ3n) is 3.22. The maximum Gasteiger partial charge on any atom is 0.257 e. The molecule has 1 unspecified atom stereocenters. The van der Waals surface area contributed by atoms with E-state index in [1.807, 2.05) is 31.3 Å². The van der Waals surface area contributed by atoms with Gasteiger partial charge in [-0.2, -0.15) is 0 Å². The van der Waals surface area contributed by atoms with E-state index in [0.29, 0.717) is 12.5 Å². The van der Waals surface area contributed by atoms with E-state index < -0.39 is 0 Å². The predicted molar refractivity (Wildman–Crippen MR) is 81.9 cm³/mol. The Kier molecular flexibility index (Phi) is 7.09. The van der Waals surface area contributed by atoms with Gasteiger partial charge < -0.3 is 15.4 Å². The lowest BCUT2D eigenvalue weighted by Crippen LogP contribution is -2.30. The van der Waals surface area contributed by atoms with Crippen molar-refractivity contribution >= 4 is 5.91 Å². The second-order valence-corrected chi connectivity index (χ2v) is 5.37. The van der Waals surface area contributed by atoms with E-state index in [0.717, 1.165) is 17.7 Å². The second kappa shape index (κ2) is 8.59. The fourth-order valence-corrected chi connectivity index (χ4v) is 1.82. The summed E-state index contributed by atoms with van der Waals surface area (Å²) in [6.07, 6.45) is 0.985. The molecule has 0 saturated heterocycles. The Morgan fingerprint density at radius 2 is 1.95 bits per heavy atom. The minimum absolute atomic E-state index is 0.0611. The summed E-state index contributed by atoms with van der Waals surface area (Å²) < 4.78 is 5.63. The van der Waals surface area contributed by atoms with E-state index in [9.17, 15) is 4.79 Å². The van der Waals surface area contributed by atoms with Gasteiger partial charge in [0.25, 0.3) is 5.91 Å². The van der Waals surface area contributed by atoms with Crippen molar-refractivity contribution in [2.75, 3.05) is 20.2 Å². The molecule has 0 heterocycles. The standard InChI is InChI=1S/C16H26N2O2/c1-12(2)9-10-18-16(19)11-20-15-8-6-5-7-14(15)13(3)17-4/h5-8,12-13,17H,9-11H2,1-4H3,(H,18,19). The molecule has 4 nitrogen and oxygen atoms in total. The SMILES string of the molecule is CNC(C)c1ccccc1OCC(=O)NCCC(C)C. The van der Waals surface area contributed by atoms with Gasteiger partial charge in [0.05, 0.1) is 0 Å². The highest BCUT2D eigenvalue weighted by atomic mass is 16.5. The molecule has 4 heteroatoms. The zero-order valence-corrected chi connectivity index (χ0v) is 12.9. The normalized spacial score (nSPS) is 12.2. The molecule has 0 aliphatic heterocycles. The average Bonchev–Trinajstić information content (AvgIpc) is 2.44. The van der Waals surface area contributed by atoms with Gasteiger partial charge in [0.1, 0.15) is 5.75 Å². The van der Waals surface area contributed by atoms with Crippen LogP contribution in [0.4, 0.5) is 0 Å².